The minimum absolute atomic E-state index is 0.545. The molecule has 0 amide bonds. The SMILES string of the molecule is CCCc1nc(Br)cc(Oc2c(C)cc(Cl)cc2C)n1. The molecule has 3 nitrogen and oxygen atoms in total. The lowest BCUT2D eigenvalue weighted by atomic mass is 10.1. The van der Waals surface area contributed by atoms with Crippen molar-refractivity contribution < 1.29 is 4.74 Å². The average molecular weight is 356 g/mol. The summed E-state index contributed by atoms with van der Waals surface area (Å²) in [7, 11) is 0. The van der Waals surface area contributed by atoms with Crippen LogP contribution in [0.25, 0.3) is 0 Å². The van der Waals surface area contributed by atoms with Gasteiger partial charge in [0.05, 0.1) is 0 Å². The Hall–Kier alpha value is -1.13. The van der Waals surface area contributed by atoms with Crippen LogP contribution in [0.1, 0.15) is 30.3 Å². The average Bonchev–Trinajstić information content (AvgIpc) is 2.33. The van der Waals surface area contributed by atoms with Crippen molar-refractivity contribution in [2.45, 2.75) is 33.6 Å². The maximum Gasteiger partial charge on any atom is 0.223 e. The van der Waals surface area contributed by atoms with E-state index in [-0.39, 0.29) is 0 Å². The molecule has 2 rings (SSSR count). The molecule has 0 bridgehead atoms. The summed E-state index contributed by atoms with van der Waals surface area (Å²) < 4.78 is 6.65. The number of nitrogens with zero attached hydrogens (tertiary/aromatic N) is 2. The molecule has 2 aromatic rings. The van der Waals surface area contributed by atoms with E-state index < -0.39 is 0 Å². The van der Waals surface area contributed by atoms with Gasteiger partial charge in [0.2, 0.25) is 5.88 Å². The van der Waals surface area contributed by atoms with Crippen LogP contribution in [0.5, 0.6) is 11.6 Å². The van der Waals surface area contributed by atoms with Gasteiger partial charge in [-0.15, -0.1) is 0 Å². The van der Waals surface area contributed by atoms with Crippen molar-refractivity contribution in [1.29, 1.82) is 0 Å². The maximum absolute atomic E-state index is 6.03. The summed E-state index contributed by atoms with van der Waals surface area (Å²) in [6.45, 7) is 6.03. The van der Waals surface area contributed by atoms with Crippen molar-refractivity contribution in [3.05, 3.63) is 44.8 Å². The van der Waals surface area contributed by atoms with Gasteiger partial charge in [-0.1, -0.05) is 18.5 Å². The van der Waals surface area contributed by atoms with E-state index in [0.717, 1.165) is 40.1 Å². The molecule has 1 heterocycles. The molecule has 0 aliphatic heterocycles. The van der Waals surface area contributed by atoms with Crippen LogP contribution in [0, 0.1) is 13.8 Å². The summed E-state index contributed by atoms with van der Waals surface area (Å²) in [4.78, 5) is 8.76. The van der Waals surface area contributed by atoms with Crippen LogP contribution in [-0.4, -0.2) is 9.97 Å². The summed E-state index contributed by atoms with van der Waals surface area (Å²) in [5, 5.41) is 0.711. The fourth-order valence-electron chi connectivity index (χ4n) is 1.99. The molecule has 0 spiro atoms. The van der Waals surface area contributed by atoms with Gasteiger partial charge in [-0.2, -0.15) is 4.98 Å². The van der Waals surface area contributed by atoms with Crippen molar-refractivity contribution in [3.63, 3.8) is 0 Å². The molecule has 0 unspecified atom stereocenters. The largest absolute Gasteiger partial charge is 0.438 e. The number of benzene rings is 1. The second-order valence-electron chi connectivity index (χ2n) is 4.67. The number of aryl methyl sites for hydroxylation is 3. The van der Waals surface area contributed by atoms with Crippen molar-refractivity contribution in [1.82, 2.24) is 9.97 Å². The summed E-state index contributed by atoms with van der Waals surface area (Å²) in [6, 6.07) is 5.53. The van der Waals surface area contributed by atoms with Gasteiger partial charge in [0, 0.05) is 17.5 Å². The molecule has 0 atom stereocenters. The summed E-state index contributed by atoms with van der Waals surface area (Å²) in [6.07, 6.45) is 1.82. The van der Waals surface area contributed by atoms with Gasteiger partial charge in [-0.25, -0.2) is 4.98 Å². The van der Waals surface area contributed by atoms with Crippen LogP contribution in [0.2, 0.25) is 5.02 Å². The van der Waals surface area contributed by atoms with Gasteiger partial charge in [0.1, 0.15) is 16.2 Å². The van der Waals surface area contributed by atoms with Crippen LogP contribution in [0.15, 0.2) is 22.8 Å². The smallest absolute Gasteiger partial charge is 0.223 e. The Labute approximate surface area is 132 Å². The first kappa shape index (κ1) is 15.3. The molecule has 0 aliphatic carbocycles. The van der Waals surface area contributed by atoms with Gasteiger partial charge >= 0.3 is 0 Å². The third-order valence-electron chi connectivity index (χ3n) is 2.82. The lowest BCUT2D eigenvalue weighted by Gasteiger charge is -2.12. The third kappa shape index (κ3) is 3.70. The zero-order valence-electron chi connectivity index (χ0n) is 11.7. The first-order valence-corrected chi connectivity index (χ1v) is 7.64. The first-order chi connectivity index (χ1) is 9.49. The highest BCUT2D eigenvalue weighted by atomic mass is 79.9. The molecular formula is C15H16BrClN2O. The molecule has 0 saturated heterocycles. The van der Waals surface area contributed by atoms with E-state index in [1.54, 1.807) is 6.07 Å². The van der Waals surface area contributed by atoms with Crippen LogP contribution in [0.4, 0.5) is 0 Å². The normalized spacial score (nSPS) is 10.7. The van der Waals surface area contributed by atoms with E-state index in [1.807, 2.05) is 26.0 Å². The minimum atomic E-state index is 0.545. The van der Waals surface area contributed by atoms with Gasteiger partial charge in [0.15, 0.2) is 0 Å². The number of aromatic nitrogens is 2. The highest BCUT2D eigenvalue weighted by Gasteiger charge is 2.10. The van der Waals surface area contributed by atoms with E-state index in [1.165, 1.54) is 0 Å². The Kier molecular flexibility index (Phi) is 5.00. The van der Waals surface area contributed by atoms with Gasteiger partial charge in [-0.05, 0) is 59.5 Å². The van der Waals surface area contributed by atoms with Crippen LogP contribution in [-0.2, 0) is 6.42 Å². The topological polar surface area (TPSA) is 35.0 Å². The van der Waals surface area contributed by atoms with E-state index in [9.17, 15) is 0 Å². The lowest BCUT2D eigenvalue weighted by molar-refractivity contribution is 0.451. The van der Waals surface area contributed by atoms with Crippen LogP contribution >= 0.6 is 27.5 Å². The quantitative estimate of drug-likeness (QED) is 0.702. The molecule has 0 N–H and O–H groups in total. The molecule has 106 valence electrons. The van der Waals surface area contributed by atoms with Gasteiger partial charge in [-0.3, -0.25) is 0 Å². The predicted molar refractivity (Wildman–Crippen MR) is 84.7 cm³/mol. The van der Waals surface area contributed by atoms with E-state index in [2.05, 4.69) is 32.8 Å². The molecular weight excluding hydrogens is 340 g/mol. The zero-order valence-corrected chi connectivity index (χ0v) is 14.0. The highest BCUT2D eigenvalue weighted by molar-refractivity contribution is 9.10. The first-order valence-electron chi connectivity index (χ1n) is 6.47. The molecule has 1 aromatic carbocycles. The van der Waals surface area contributed by atoms with Crippen LogP contribution < -0.4 is 4.74 Å². The summed E-state index contributed by atoms with van der Waals surface area (Å²) >= 11 is 9.42. The number of halogens is 2. The number of ether oxygens (including phenoxy) is 1. The van der Waals surface area contributed by atoms with E-state index >= 15 is 0 Å². The number of hydrogen-bond acceptors (Lipinski definition) is 3. The summed E-state index contributed by atoms with van der Waals surface area (Å²) in [5.41, 5.74) is 1.98. The van der Waals surface area contributed by atoms with E-state index in [0.29, 0.717) is 10.9 Å². The standard InChI is InChI=1S/C15H16BrClN2O/c1-4-5-13-18-12(16)8-14(19-13)20-15-9(2)6-11(17)7-10(15)3/h6-8H,4-5H2,1-3H3. The van der Waals surface area contributed by atoms with Crippen molar-refractivity contribution in [2.24, 2.45) is 0 Å². The molecule has 5 heteroatoms. The minimum Gasteiger partial charge on any atom is -0.438 e. The van der Waals surface area contributed by atoms with Gasteiger partial charge < -0.3 is 4.74 Å². The number of rotatable bonds is 4. The van der Waals surface area contributed by atoms with E-state index in [4.69, 9.17) is 16.3 Å². The Morgan fingerprint density at radius 1 is 1.15 bits per heavy atom. The van der Waals surface area contributed by atoms with Crippen LogP contribution in [0.3, 0.4) is 0 Å². The molecule has 1 aromatic heterocycles. The highest BCUT2D eigenvalue weighted by Crippen LogP contribution is 2.31. The third-order valence-corrected chi connectivity index (χ3v) is 3.45. The Bertz CT molecular complexity index is 608. The maximum atomic E-state index is 6.03. The second-order valence-corrected chi connectivity index (χ2v) is 5.91. The Balaban J connectivity index is 2.35. The zero-order chi connectivity index (χ0) is 14.7. The molecule has 0 aliphatic rings. The second kappa shape index (κ2) is 6.55. The summed E-state index contributed by atoms with van der Waals surface area (Å²) in [5.74, 6) is 2.12. The van der Waals surface area contributed by atoms with Crippen molar-refractivity contribution >= 4 is 27.5 Å². The van der Waals surface area contributed by atoms with Crippen molar-refractivity contribution in [3.8, 4) is 11.6 Å². The fraction of sp³-hybridized carbons (Fsp3) is 0.333. The fourth-order valence-corrected chi connectivity index (χ4v) is 2.72. The predicted octanol–water partition coefficient (Wildman–Crippen LogP) is 5.25. The molecule has 0 radical (unpaired) electrons. The molecule has 0 saturated carbocycles. The Morgan fingerprint density at radius 2 is 1.80 bits per heavy atom. The molecule has 20 heavy (non-hydrogen) atoms. The lowest BCUT2D eigenvalue weighted by Crippen LogP contribution is -1.99. The monoisotopic (exact) mass is 354 g/mol. The Morgan fingerprint density at radius 3 is 2.40 bits per heavy atom. The van der Waals surface area contributed by atoms with Gasteiger partial charge in [0.25, 0.3) is 0 Å². The molecule has 0 fully saturated rings. The van der Waals surface area contributed by atoms with Crippen molar-refractivity contribution in [2.75, 3.05) is 0 Å². The number of hydrogen-bond donors (Lipinski definition) is 0.